The number of aromatic nitrogens is 4. The number of nitriles is 1. The molecule has 2 aromatic carbocycles. The van der Waals surface area contributed by atoms with Gasteiger partial charge in [0.05, 0.1) is 29.6 Å². The highest BCUT2D eigenvalue weighted by Gasteiger charge is 2.31. The number of piperazine rings is 1. The van der Waals surface area contributed by atoms with Gasteiger partial charge in [-0.05, 0) is 42.8 Å². The Morgan fingerprint density at radius 1 is 1.07 bits per heavy atom. The van der Waals surface area contributed by atoms with Crippen LogP contribution in [0.4, 0.5) is 36.3 Å². The number of carbonyl (C=O) groups is 1. The zero-order valence-electron chi connectivity index (χ0n) is 23.4. The fraction of sp³-hybridized carbons (Fsp3) is 0.310. The number of amides is 1. The standard InChI is InChI=1S/C29H28F3N9O2/c1-18-3-4-19(27(42)38-23-14-21(29(30,31)32)6-5-20(23)15-33)13-22(18)37-26-25-24(35-17-36-26)16-34-28(39-25)41-9-7-40(8-10-41)11-12-43-2/h3-6,13-14,16-17H,7-12H2,1-2H3,(H,38,42)(H,35,36,37). The fourth-order valence-electron chi connectivity index (χ4n) is 4.62. The van der Waals surface area contributed by atoms with Crippen molar-refractivity contribution >= 4 is 40.1 Å². The molecule has 14 heteroatoms. The summed E-state index contributed by atoms with van der Waals surface area (Å²) in [5.41, 5.74) is 1.19. The van der Waals surface area contributed by atoms with Crippen LogP contribution in [0.1, 0.15) is 27.0 Å². The molecule has 4 aromatic rings. The minimum Gasteiger partial charge on any atom is -0.383 e. The molecule has 0 spiro atoms. The fourth-order valence-corrected chi connectivity index (χ4v) is 4.62. The first-order valence-corrected chi connectivity index (χ1v) is 13.4. The van der Waals surface area contributed by atoms with Crippen molar-refractivity contribution in [1.82, 2.24) is 24.8 Å². The molecule has 0 bridgehead atoms. The van der Waals surface area contributed by atoms with Gasteiger partial charge in [0.25, 0.3) is 5.91 Å². The molecule has 0 radical (unpaired) electrons. The molecule has 1 saturated heterocycles. The monoisotopic (exact) mass is 591 g/mol. The van der Waals surface area contributed by atoms with Crippen molar-refractivity contribution < 1.29 is 22.7 Å². The molecule has 1 amide bonds. The van der Waals surface area contributed by atoms with Gasteiger partial charge >= 0.3 is 6.18 Å². The number of nitrogens with zero attached hydrogens (tertiary/aromatic N) is 7. The van der Waals surface area contributed by atoms with E-state index in [4.69, 9.17) is 9.72 Å². The summed E-state index contributed by atoms with van der Waals surface area (Å²) in [6.07, 6.45) is -1.61. The van der Waals surface area contributed by atoms with Crippen LogP contribution in [0.25, 0.3) is 11.0 Å². The van der Waals surface area contributed by atoms with Gasteiger partial charge in [0, 0.05) is 51.1 Å². The highest BCUT2D eigenvalue weighted by atomic mass is 19.4. The van der Waals surface area contributed by atoms with Gasteiger partial charge in [-0.1, -0.05) is 6.07 Å². The Labute approximate surface area is 245 Å². The van der Waals surface area contributed by atoms with E-state index in [2.05, 4.69) is 35.4 Å². The molecule has 2 N–H and O–H groups in total. The third-order valence-corrected chi connectivity index (χ3v) is 7.10. The summed E-state index contributed by atoms with van der Waals surface area (Å²) in [6.45, 7) is 6.57. The van der Waals surface area contributed by atoms with Crippen molar-refractivity contribution in [2.75, 3.05) is 62.0 Å². The van der Waals surface area contributed by atoms with Crippen LogP contribution in [0.5, 0.6) is 0 Å². The number of anilines is 4. The molecule has 1 fully saturated rings. The Morgan fingerprint density at radius 3 is 2.58 bits per heavy atom. The molecule has 0 saturated carbocycles. The second-order valence-electron chi connectivity index (χ2n) is 9.93. The molecule has 0 aliphatic carbocycles. The molecular weight excluding hydrogens is 563 g/mol. The molecule has 1 aliphatic rings. The van der Waals surface area contributed by atoms with E-state index >= 15 is 0 Å². The number of benzene rings is 2. The number of hydrogen-bond donors (Lipinski definition) is 2. The van der Waals surface area contributed by atoms with E-state index in [9.17, 15) is 23.2 Å². The maximum Gasteiger partial charge on any atom is 0.416 e. The minimum absolute atomic E-state index is 0.0915. The molecule has 5 rings (SSSR count). The quantitative estimate of drug-likeness (QED) is 0.304. The second kappa shape index (κ2) is 12.6. The van der Waals surface area contributed by atoms with Crippen LogP contribution in [-0.4, -0.2) is 77.2 Å². The highest BCUT2D eigenvalue weighted by Crippen LogP contribution is 2.32. The largest absolute Gasteiger partial charge is 0.416 e. The molecule has 43 heavy (non-hydrogen) atoms. The van der Waals surface area contributed by atoms with Crippen LogP contribution < -0.4 is 15.5 Å². The molecular formula is C29H28F3N9O2. The maximum absolute atomic E-state index is 13.2. The van der Waals surface area contributed by atoms with Crippen molar-refractivity contribution in [3.63, 3.8) is 0 Å². The molecule has 1 aliphatic heterocycles. The van der Waals surface area contributed by atoms with E-state index in [1.54, 1.807) is 31.5 Å². The Morgan fingerprint density at radius 2 is 1.86 bits per heavy atom. The summed E-state index contributed by atoms with van der Waals surface area (Å²) in [6, 6.07) is 9.17. The number of hydrogen-bond acceptors (Lipinski definition) is 10. The van der Waals surface area contributed by atoms with E-state index in [0.29, 0.717) is 35.1 Å². The number of aryl methyl sites for hydroxylation is 1. The lowest BCUT2D eigenvalue weighted by Crippen LogP contribution is -2.47. The Hall–Kier alpha value is -4.87. The Bertz CT molecular complexity index is 1680. The van der Waals surface area contributed by atoms with Crippen LogP contribution in [0, 0.1) is 18.3 Å². The number of methoxy groups -OCH3 is 1. The SMILES string of the molecule is COCCN1CCN(c2ncc3ncnc(Nc4cc(C(=O)Nc5cc(C(F)(F)F)ccc5C#N)ccc4C)c3n2)CC1. The van der Waals surface area contributed by atoms with Crippen molar-refractivity contribution in [1.29, 1.82) is 5.26 Å². The first kappa shape index (κ1) is 29.6. The van der Waals surface area contributed by atoms with Gasteiger partial charge in [-0.2, -0.15) is 18.4 Å². The smallest absolute Gasteiger partial charge is 0.383 e. The van der Waals surface area contributed by atoms with E-state index < -0.39 is 17.6 Å². The molecule has 0 unspecified atom stereocenters. The topological polar surface area (TPSA) is 132 Å². The highest BCUT2D eigenvalue weighted by molar-refractivity contribution is 6.05. The van der Waals surface area contributed by atoms with Gasteiger partial charge in [-0.3, -0.25) is 9.69 Å². The normalized spacial score (nSPS) is 14.0. The number of rotatable bonds is 8. The van der Waals surface area contributed by atoms with Gasteiger partial charge in [0.2, 0.25) is 5.95 Å². The lowest BCUT2D eigenvalue weighted by Gasteiger charge is -2.34. The zero-order valence-corrected chi connectivity index (χ0v) is 23.4. The Kier molecular flexibility index (Phi) is 8.65. The molecule has 11 nitrogen and oxygen atoms in total. The number of alkyl halides is 3. The lowest BCUT2D eigenvalue weighted by molar-refractivity contribution is -0.137. The van der Waals surface area contributed by atoms with Crippen LogP contribution in [0.2, 0.25) is 0 Å². The third-order valence-electron chi connectivity index (χ3n) is 7.10. The predicted molar refractivity (Wildman–Crippen MR) is 154 cm³/mol. The van der Waals surface area contributed by atoms with Crippen LogP contribution in [0.15, 0.2) is 48.9 Å². The van der Waals surface area contributed by atoms with Gasteiger partial charge in [-0.15, -0.1) is 0 Å². The summed E-state index contributed by atoms with van der Waals surface area (Å²) in [5.74, 6) is 0.273. The van der Waals surface area contributed by atoms with E-state index in [-0.39, 0.29) is 16.8 Å². The van der Waals surface area contributed by atoms with Crippen molar-refractivity contribution in [3.05, 3.63) is 71.2 Å². The second-order valence-corrected chi connectivity index (χ2v) is 9.93. The number of carbonyl (C=O) groups excluding carboxylic acids is 1. The van der Waals surface area contributed by atoms with Gasteiger partial charge in [0.15, 0.2) is 5.82 Å². The summed E-state index contributed by atoms with van der Waals surface area (Å²) >= 11 is 0. The minimum atomic E-state index is -4.63. The Balaban J connectivity index is 1.37. The first-order chi connectivity index (χ1) is 20.7. The average molecular weight is 592 g/mol. The van der Waals surface area contributed by atoms with Crippen molar-refractivity contribution in [2.45, 2.75) is 13.1 Å². The molecule has 0 atom stereocenters. The van der Waals surface area contributed by atoms with Crippen LogP contribution in [0.3, 0.4) is 0 Å². The van der Waals surface area contributed by atoms with E-state index in [0.717, 1.165) is 56.5 Å². The molecule has 2 aromatic heterocycles. The number of fused-ring (bicyclic) bond motifs is 1. The van der Waals surface area contributed by atoms with Gasteiger partial charge < -0.3 is 20.3 Å². The summed E-state index contributed by atoms with van der Waals surface area (Å²) in [7, 11) is 1.69. The first-order valence-electron chi connectivity index (χ1n) is 13.4. The summed E-state index contributed by atoms with van der Waals surface area (Å²) in [5, 5.41) is 15.0. The molecule has 222 valence electrons. The predicted octanol–water partition coefficient (Wildman–Crippen LogP) is 4.38. The maximum atomic E-state index is 13.2. The average Bonchev–Trinajstić information content (AvgIpc) is 3.00. The van der Waals surface area contributed by atoms with Crippen molar-refractivity contribution in [2.24, 2.45) is 0 Å². The van der Waals surface area contributed by atoms with Crippen LogP contribution in [-0.2, 0) is 10.9 Å². The lowest BCUT2D eigenvalue weighted by atomic mass is 10.1. The number of nitrogens with one attached hydrogen (secondary N) is 2. The third kappa shape index (κ3) is 6.79. The molecule has 3 heterocycles. The summed E-state index contributed by atoms with van der Waals surface area (Å²) in [4.78, 5) is 35.4. The number of halogens is 3. The van der Waals surface area contributed by atoms with Crippen molar-refractivity contribution in [3.8, 4) is 6.07 Å². The summed E-state index contributed by atoms with van der Waals surface area (Å²) < 4.78 is 44.9. The van der Waals surface area contributed by atoms with Crippen LogP contribution >= 0.6 is 0 Å². The van der Waals surface area contributed by atoms with E-state index in [1.807, 2.05) is 13.0 Å². The number of ether oxygens (including phenoxy) is 1. The van der Waals surface area contributed by atoms with Gasteiger partial charge in [0.1, 0.15) is 23.4 Å². The zero-order chi connectivity index (χ0) is 30.6. The van der Waals surface area contributed by atoms with Gasteiger partial charge in [-0.25, -0.2) is 19.9 Å². The van der Waals surface area contributed by atoms with E-state index in [1.165, 1.54) is 6.33 Å².